The molecule has 2 unspecified atom stereocenters. The number of hydrogen-bond acceptors (Lipinski definition) is 2. The summed E-state index contributed by atoms with van der Waals surface area (Å²) in [6, 6.07) is 6.43. The molecule has 2 aliphatic rings. The van der Waals surface area contributed by atoms with E-state index in [0.29, 0.717) is 5.92 Å². The first-order chi connectivity index (χ1) is 9.65. The van der Waals surface area contributed by atoms with Gasteiger partial charge >= 0.3 is 0 Å². The number of fused-ring (bicyclic) bond motifs is 1. The van der Waals surface area contributed by atoms with Gasteiger partial charge in [0.2, 0.25) is 0 Å². The number of nitrogens with zero attached hydrogens (tertiary/aromatic N) is 1. The zero-order valence-corrected chi connectivity index (χ0v) is 13.5. The maximum Gasteiger partial charge on any atom is 0.253 e. The Morgan fingerprint density at radius 1 is 1.29 bits per heavy atom. The molecular formula is C17H25ClN2O. The van der Waals surface area contributed by atoms with E-state index in [2.05, 4.69) is 12.1 Å². The van der Waals surface area contributed by atoms with Crippen molar-refractivity contribution in [2.75, 3.05) is 13.1 Å². The summed E-state index contributed by atoms with van der Waals surface area (Å²) in [5.74, 6) is 0.632. The highest BCUT2D eigenvalue weighted by molar-refractivity contribution is 5.94. The molecule has 2 N–H and O–H groups in total. The van der Waals surface area contributed by atoms with Gasteiger partial charge in [0.1, 0.15) is 0 Å². The van der Waals surface area contributed by atoms with Gasteiger partial charge in [0.15, 0.2) is 0 Å². The molecule has 21 heavy (non-hydrogen) atoms. The summed E-state index contributed by atoms with van der Waals surface area (Å²) in [7, 11) is 0. The SMILES string of the molecule is CC(N)C1CCCN(C(=O)c2ccc3c(c2)CCC3)C1.Cl. The summed E-state index contributed by atoms with van der Waals surface area (Å²) >= 11 is 0. The third-order valence-electron chi connectivity index (χ3n) is 4.83. The number of halogens is 1. The van der Waals surface area contributed by atoms with Gasteiger partial charge in [-0.3, -0.25) is 4.79 Å². The number of nitrogens with two attached hydrogens (primary N) is 1. The Bertz CT molecular complexity index is 516. The first-order valence-corrected chi connectivity index (χ1v) is 7.82. The van der Waals surface area contributed by atoms with E-state index in [4.69, 9.17) is 5.73 Å². The summed E-state index contributed by atoms with van der Waals surface area (Å²) in [4.78, 5) is 14.6. The van der Waals surface area contributed by atoms with Crippen molar-refractivity contribution in [3.8, 4) is 0 Å². The third-order valence-corrected chi connectivity index (χ3v) is 4.83. The van der Waals surface area contributed by atoms with Gasteiger partial charge in [-0.2, -0.15) is 0 Å². The number of hydrogen-bond donors (Lipinski definition) is 1. The number of amides is 1. The molecule has 0 aromatic heterocycles. The molecule has 0 saturated carbocycles. The Hall–Kier alpha value is -1.06. The largest absolute Gasteiger partial charge is 0.338 e. The Balaban J connectivity index is 0.00000161. The van der Waals surface area contributed by atoms with E-state index in [9.17, 15) is 4.79 Å². The average molecular weight is 309 g/mol. The van der Waals surface area contributed by atoms with Crippen molar-refractivity contribution in [1.29, 1.82) is 0 Å². The summed E-state index contributed by atoms with van der Waals surface area (Å²) < 4.78 is 0. The van der Waals surface area contributed by atoms with Crippen molar-refractivity contribution in [3.63, 3.8) is 0 Å². The van der Waals surface area contributed by atoms with Crippen molar-refractivity contribution in [1.82, 2.24) is 4.90 Å². The van der Waals surface area contributed by atoms with Gasteiger partial charge in [0.25, 0.3) is 5.91 Å². The predicted molar refractivity (Wildman–Crippen MR) is 88.0 cm³/mol. The predicted octanol–water partition coefficient (Wildman–Crippen LogP) is 2.80. The van der Waals surface area contributed by atoms with Crippen LogP contribution in [0.25, 0.3) is 0 Å². The molecule has 4 heteroatoms. The fourth-order valence-electron chi connectivity index (χ4n) is 3.51. The van der Waals surface area contributed by atoms with Gasteiger partial charge in [-0.1, -0.05) is 6.07 Å². The maximum absolute atomic E-state index is 12.7. The van der Waals surface area contributed by atoms with Gasteiger partial charge in [-0.25, -0.2) is 0 Å². The highest BCUT2D eigenvalue weighted by atomic mass is 35.5. The number of rotatable bonds is 2. The molecule has 1 fully saturated rings. The minimum absolute atomic E-state index is 0. The van der Waals surface area contributed by atoms with Crippen LogP contribution >= 0.6 is 12.4 Å². The minimum Gasteiger partial charge on any atom is -0.338 e. The summed E-state index contributed by atoms with van der Waals surface area (Å²) in [6.07, 6.45) is 5.73. The van der Waals surface area contributed by atoms with Crippen LogP contribution in [0.4, 0.5) is 0 Å². The Labute approximate surface area is 133 Å². The summed E-state index contributed by atoms with van der Waals surface area (Å²) in [5.41, 5.74) is 9.66. The van der Waals surface area contributed by atoms with Crippen LogP contribution in [0.15, 0.2) is 18.2 Å². The second-order valence-electron chi connectivity index (χ2n) is 6.35. The van der Waals surface area contributed by atoms with E-state index in [0.717, 1.165) is 37.9 Å². The number of carbonyl (C=O) groups excluding carboxylic acids is 1. The van der Waals surface area contributed by atoms with Gasteiger partial charge in [-0.15, -0.1) is 12.4 Å². The van der Waals surface area contributed by atoms with Crippen molar-refractivity contribution in [2.45, 2.75) is 45.1 Å². The lowest BCUT2D eigenvalue weighted by atomic mass is 9.91. The molecule has 0 spiro atoms. The fourth-order valence-corrected chi connectivity index (χ4v) is 3.51. The molecule has 1 aromatic carbocycles. The molecule has 1 saturated heterocycles. The van der Waals surface area contributed by atoms with E-state index in [1.807, 2.05) is 17.9 Å². The molecule has 3 nitrogen and oxygen atoms in total. The second kappa shape index (κ2) is 6.80. The number of benzene rings is 1. The molecule has 3 rings (SSSR count). The molecule has 1 aromatic rings. The van der Waals surface area contributed by atoms with Crippen molar-refractivity contribution >= 4 is 18.3 Å². The van der Waals surface area contributed by atoms with Crippen molar-refractivity contribution < 1.29 is 4.79 Å². The molecule has 0 radical (unpaired) electrons. The van der Waals surface area contributed by atoms with E-state index in [1.165, 1.54) is 24.0 Å². The molecule has 1 aliphatic heterocycles. The lowest BCUT2D eigenvalue weighted by Crippen LogP contribution is -2.45. The van der Waals surface area contributed by atoms with Crippen LogP contribution < -0.4 is 5.73 Å². The third kappa shape index (κ3) is 3.41. The van der Waals surface area contributed by atoms with E-state index in [1.54, 1.807) is 0 Å². The van der Waals surface area contributed by atoms with Gasteiger partial charge in [-0.05, 0) is 68.2 Å². The fraction of sp³-hybridized carbons (Fsp3) is 0.588. The summed E-state index contributed by atoms with van der Waals surface area (Å²) in [6.45, 7) is 3.74. The van der Waals surface area contributed by atoms with Crippen LogP contribution in [0.3, 0.4) is 0 Å². The second-order valence-corrected chi connectivity index (χ2v) is 6.35. The smallest absolute Gasteiger partial charge is 0.253 e. The zero-order valence-electron chi connectivity index (χ0n) is 12.7. The highest BCUT2D eigenvalue weighted by Gasteiger charge is 2.27. The molecule has 1 aliphatic carbocycles. The van der Waals surface area contributed by atoms with Crippen LogP contribution in [0, 0.1) is 5.92 Å². The molecule has 1 amide bonds. The van der Waals surface area contributed by atoms with Crippen LogP contribution in [-0.2, 0) is 12.8 Å². The number of piperidine rings is 1. The monoisotopic (exact) mass is 308 g/mol. The highest BCUT2D eigenvalue weighted by Crippen LogP contribution is 2.25. The molecule has 0 bridgehead atoms. The average Bonchev–Trinajstić information content (AvgIpc) is 2.94. The van der Waals surface area contributed by atoms with Gasteiger partial charge in [0, 0.05) is 24.7 Å². The van der Waals surface area contributed by atoms with Gasteiger partial charge < -0.3 is 10.6 Å². The number of aryl methyl sites for hydroxylation is 2. The normalized spacial score (nSPS) is 22.4. The quantitative estimate of drug-likeness (QED) is 0.913. The lowest BCUT2D eigenvalue weighted by Gasteiger charge is -2.34. The van der Waals surface area contributed by atoms with Crippen LogP contribution in [0.5, 0.6) is 0 Å². The van der Waals surface area contributed by atoms with E-state index >= 15 is 0 Å². The zero-order chi connectivity index (χ0) is 14.1. The lowest BCUT2D eigenvalue weighted by molar-refractivity contribution is 0.0661. The Morgan fingerprint density at radius 3 is 2.81 bits per heavy atom. The summed E-state index contributed by atoms with van der Waals surface area (Å²) in [5, 5.41) is 0. The Morgan fingerprint density at radius 2 is 2.05 bits per heavy atom. The maximum atomic E-state index is 12.7. The Kier molecular flexibility index (Phi) is 5.28. The minimum atomic E-state index is 0. The first-order valence-electron chi connectivity index (χ1n) is 7.82. The van der Waals surface area contributed by atoms with Crippen LogP contribution in [0.2, 0.25) is 0 Å². The molecule has 116 valence electrons. The van der Waals surface area contributed by atoms with Crippen LogP contribution in [0.1, 0.15) is 47.7 Å². The van der Waals surface area contributed by atoms with Gasteiger partial charge in [0.05, 0.1) is 0 Å². The van der Waals surface area contributed by atoms with E-state index in [-0.39, 0.29) is 24.4 Å². The molecule has 2 atom stereocenters. The standard InChI is InChI=1S/C17H24N2O.ClH/c1-12(18)16-6-3-9-19(11-16)17(20)15-8-7-13-4-2-5-14(13)10-15;/h7-8,10,12,16H,2-6,9,11,18H2,1H3;1H. The van der Waals surface area contributed by atoms with E-state index < -0.39 is 0 Å². The molecule has 1 heterocycles. The van der Waals surface area contributed by atoms with Crippen molar-refractivity contribution in [2.24, 2.45) is 11.7 Å². The topological polar surface area (TPSA) is 46.3 Å². The van der Waals surface area contributed by atoms with Crippen LogP contribution in [-0.4, -0.2) is 29.9 Å². The molecular weight excluding hydrogens is 284 g/mol. The first kappa shape index (κ1) is 16.3. The number of carbonyl (C=O) groups is 1. The number of likely N-dealkylation sites (tertiary alicyclic amines) is 1. The van der Waals surface area contributed by atoms with Crippen molar-refractivity contribution in [3.05, 3.63) is 34.9 Å².